The molecule has 5 nitrogen and oxygen atoms in total. The summed E-state index contributed by atoms with van der Waals surface area (Å²) in [6.45, 7) is 1.76. The fourth-order valence-corrected chi connectivity index (χ4v) is 3.94. The predicted molar refractivity (Wildman–Crippen MR) is 93.1 cm³/mol. The number of carbonyl (C=O) groups is 1. The van der Waals surface area contributed by atoms with E-state index in [2.05, 4.69) is 15.6 Å². The number of hydrogen-bond donors (Lipinski definition) is 2. The Bertz CT molecular complexity index is 731. The van der Waals surface area contributed by atoms with Crippen molar-refractivity contribution in [2.24, 2.45) is 5.92 Å². The molecule has 0 spiro atoms. The summed E-state index contributed by atoms with van der Waals surface area (Å²) < 4.78 is 5.89. The molecule has 1 saturated heterocycles. The van der Waals surface area contributed by atoms with E-state index in [1.54, 1.807) is 0 Å². The molecular weight excluding hydrogens is 326 g/mol. The van der Waals surface area contributed by atoms with Crippen molar-refractivity contribution in [2.45, 2.75) is 44.1 Å². The van der Waals surface area contributed by atoms with Crippen molar-refractivity contribution in [1.29, 1.82) is 0 Å². The average Bonchev–Trinajstić information content (AvgIpc) is 3.24. The molecule has 1 aromatic carbocycles. The highest BCUT2D eigenvalue weighted by Gasteiger charge is 2.29. The van der Waals surface area contributed by atoms with Gasteiger partial charge in [0, 0.05) is 23.5 Å². The molecule has 1 aliphatic heterocycles. The maximum Gasteiger partial charge on any atom is 0.224 e. The van der Waals surface area contributed by atoms with Crippen LogP contribution >= 0.6 is 11.6 Å². The molecular formula is C18H22ClN3O2. The van der Waals surface area contributed by atoms with Crippen LogP contribution < -0.4 is 10.6 Å². The van der Waals surface area contributed by atoms with Gasteiger partial charge in [-0.15, -0.1) is 0 Å². The van der Waals surface area contributed by atoms with Crippen LogP contribution in [-0.2, 0) is 4.79 Å². The van der Waals surface area contributed by atoms with Crippen molar-refractivity contribution < 1.29 is 9.21 Å². The molecule has 0 bridgehead atoms. The summed E-state index contributed by atoms with van der Waals surface area (Å²) in [5.74, 6) is 1.49. The molecule has 1 aliphatic carbocycles. The van der Waals surface area contributed by atoms with E-state index >= 15 is 0 Å². The first kappa shape index (κ1) is 15.9. The SMILES string of the molecule is O=C(NC1CCC(c2nc3cc(Cl)ccc3o2)CC1)C1CCNC1. The maximum absolute atomic E-state index is 12.2. The van der Waals surface area contributed by atoms with Crippen LogP contribution in [0.15, 0.2) is 22.6 Å². The van der Waals surface area contributed by atoms with Crippen LogP contribution in [0.25, 0.3) is 11.1 Å². The van der Waals surface area contributed by atoms with Crippen molar-refractivity contribution in [1.82, 2.24) is 15.6 Å². The summed E-state index contributed by atoms with van der Waals surface area (Å²) >= 11 is 6.01. The van der Waals surface area contributed by atoms with Crippen molar-refractivity contribution in [3.8, 4) is 0 Å². The lowest BCUT2D eigenvalue weighted by atomic mass is 9.85. The monoisotopic (exact) mass is 347 g/mol. The normalized spacial score (nSPS) is 27.5. The number of carbonyl (C=O) groups excluding carboxylic acids is 1. The number of hydrogen-bond acceptors (Lipinski definition) is 4. The Hall–Kier alpha value is -1.59. The fourth-order valence-electron chi connectivity index (χ4n) is 3.78. The number of aromatic nitrogens is 1. The molecule has 2 N–H and O–H groups in total. The standard InChI is InChI=1S/C18H22ClN3O2/c19-13-3-6-16-15(9-13)22-18(24-16)11-1-4-14(5-2-11)21-17(23)12-7-8-20-10-12/h3,6,9,11-12,14,20H,1-2,4-5,7-8,10H2,(H,21,23). The van der Waals surface area contributed by atoms with E-state index in [0.29, 0.717) is 10.9 Å². The van der Waals surface area contributed by atoms with E-state index in [-0.39, 0.29) is 17.9 Å². The van der Waals surface area contributed by atoms with E-state index in [1.165, 1.54) is 0 Å². The Balaban J connectivity index is 1.35. The molecule has 1 saturated carbocycles. The van der Waals surface area contributed by atoms with Gasteiger partial charge in [-0.05, 0) is 56.8 Å². The second kappa shape index (κ2) is 6.73. The van der Waals surface area contributed by atoms with Crippen molar-refractivity contribution >= 4 is 28.6 Å². The van der Waals surface area contributed by atoms with Gasteiger partial charge >= 0.3 is 0 Å². The number of oxazole rings is 1. The largest absolute Gasteiger partial charge is 0.440 e. The number of nitrogens with zero attached hydrogens (tertiary/aromatic N) is 1. The summed E-state index contributed by atoms with van der Waals surface area (Å²) in [5.41, 5.74) is 1.61. The predicted octanol–water partition coefficient (Wildman–Crippen LogP) is 3.23. The van der Waals surface area contributed by atoms with Gasteiger partial charge in [0.2, 0.25) is 5.91 Å². The van der Waals surface area contributed by atoms with Crippen LogP contribution in [0.5, 0.6) is 0 Å². The van der Waals surface area contributed by atoms with E-state index < -0.39 is 0 Å². The second-order valence-corrected chi connectivity index (χ2v) is 7.35. The Morgan fingerprint density at radius 3 is 2.83 bits per heavy atom. The molecule has 128 valence electrons. The number of benzene rings is 1. The molecule has 0 radical (unpaired) electrons. The third kappa shape index (κ3) is 3.28. The fraction of sp³-hybridized carbons (Fsp3) is 0.556. The second-order valence-electron chi connectivity index (χ2n) is 6.91. The molecule has 2 fully saturated rings. The van der Waals surface area contributed by atoms with Crippen LogP contribution in [0.2, 0.25) is 5.02 Å². The smallest absolute Gasteiger partial charge is 0.224 e. The highest BCUT2D eigenvalue weighted by atomic mass is 35.5. The summed E-state index contributed by atoms with van der Waals surface area (Å²) in [5, 5.41) is 7.14. The Kier molecular flexibility index (Phi) is 4.46. The zero-order chi connectivity index (χ0) is 16.5. The third-order valence-corrected chi connectivity index (χ3v) is 5.46. The van der Waals surface area contributed by atoms with E-state index in [0.717, 1.165) is 62.2 Å². The molecule has 4 rings (SSSR count). The topological polar surface area (TPSA) is 67.2 Å². The zero-order valence-electron chi connectivity index (χ0n) is 13.6. The molecule has 1 amide bonds. The highest BCUT2D eigenvalue weighted by Crippen LogP contribution is 2.34. The van der Waals surface area contributed by atoms with Crippen LogP contribution in [-0.4, -0.2) is 30.0 Å². The van der Waals surface area contributed by atoms with Crippen LogP contribution in [0, 0.1) is 5.92 Å². The minimum absolute atomic E-state index is 0.143. The van der Waals surface area contributed by atoms with Gasteiger partial charge in [-0.25, -0.2) is 4.98 Å². The minimum Gasteiger partial charge on any atom is -0.440 e. The molecule has 1 atom stereocenters. The van der Waals surface area contributed by atoms with Crippen LogP contribution in [0.3, 0.4) is 0 Å². The number of fused-ring (bicyclic) bond motifs is 1. The van der Waals surface area contributed by atoms with Crippen molar-refractivity contribution in [3.63, 3.8) is 0 Å². The van der Waals surface area contributed by atoms with Gasteiger partial charge in [0.25, 0.3) is 0 Å². The van der Waals surface area contributed by atoms with Gasteiger partial charge in [0.15, 0.2) is 11.5 Å². The minimum atomic E-state index is 0.143. The molecule has 1 unspecified atom stereocenters. The first-order valence-corrected chi connectivity index (χ1v) is 9.14. The molecule has 2 aliphatic rings. The quantitative estimate of drug-likeness (QED) is 0.894. The van der Waals surface area contributed by atoms with Gasteiger partial charge in [-0.2, -0.15) is 0 Å². The lowest BCUT2D eigenvalue weighted by Gasteiger charge is -2.28. The first-order chi connectivity index (χ1) is 11.7. The zero-order valence-corrected chi connectivity index (χ0v) is 14.3. The summed E-state index contributed by atoms with van der Waals surface area (Å²) in [4.78, 5) is 16.8. The Morgan fingerprint density at radius 1 is 1.25 bits per heavy atom. The number of amides is 1. The maximum atomic E-state index is 12.2. The van der Waals surface area contributed by atoms with Gasteiger partial charge in [-0.3, -0.25) is 4.79 Å². The van der Waals surface area contributed by atoms with Gasteiger partial charge in [0.05, 0.1) is 5.92 Å². The summed E-state index contributed by atoms with van der Waals surface area (Å²) in [6.07, 6.45) is 4.90. The molecule has 2 heterocycles. The summed E-state index contributed by atoms with van der Waals surface area (Å²) in [6, 6.07) is 5.82. The number of nitrogens with one attached hydrogen (secondary N) is 2. The number of halogens is 1. The average molecular weight is 348 g/mol. The van der Waals surface area contributed by atoms with Gasteiger partial charge in [0.1, 0.15) is 5.52 Å². The van der Waals surface area contributed by atoms with Crippen LogP contribution in [0.1, 0.15) is 43.9 Å². The van der Waals surface area contributed by atoms with E-state index in [9.17, 15) is 4.79 Å². The lowest BCUT2D eigenvalue weighted by Crippen LogP contribution is -2.41. The third-order valence-electron chi connectivity index (χ3n) is 5.22. The summed E-state index contributed by atoms with van der Waals surface area (Å²) in [7, 11) is 0. The Labute approximate surface area is 146 Å². The molecule has 24 heavy (non-hydrogen) atoms. The first-order valence-electron chi connectivity index (χ1n) is 8.76. The molecule has 6 heteroatoms. The molecule has 1 aromatic heterocycles. The highest BCUT2D eigenvalue weighted by molar-refractivity contribution is 6.31. The van der Waals surface area contributed by atoms with Gasteiger partial charge < -0.3 is 15.1 Å². The van der Waals surface area contributed by atoms with E-state index in [1.807, 2.05) is 18.2 Å². The lowest BCUT2D eigenvalue weighted by molar-refractivity contribution is -0.125. The van der Waals surface area contributed by atoms with Gasteiger partial charge in [-0.1, -0.05) is 11.6 Å². The Morgan fingerprint density at radius 2 is 2.08 bits per heavy atom. The number of rotatable bonds is 3. The van der Waals surface area contributed by atoms with Crippen molar-refractivity contribution in [3.05, 3.63) is 29.1 Å². The molecule has 2 aromatic rings. The van der Waals surface area contributed by atoms with Crippen LogP contribution in [0.4, 0.5) is 0 Å². The van der Waals surface area contributed by atoms with Crippen molar-refractivity contribution in [2.75, 3.05) is 13.1 Å². The van der Waals surface area contributed by atoms with E-state index in [4.69, 9.17) is 16.0 Å².